The smallest absolute Gasteiger partial charge is 0.306 e. The molecule has 2 rings (SSSR count). The molecule has 20 heavy (non-hydrogen) atoms. The molecule has 0 amide bonds. The minimum absolute atomic E-state index is 0.197. The van der Waals surface area contributed by atoms with Gasteiger partial charge in [-0.05, 0) is 37.7 Å². The third kappa shape index (κ3) is 4.29. The third-order valence-electron chi connectivity index (χ3n) is 4.51. The van der Waals surface area contributed by atoms with Crippen molar-refractivity contribution in [1.82, 2.24) is 4.90 Å². The van der Waals surface area contributed by atoms with Crippen LogP contribution in [0.4, 0.5) is 0 Å². The molecule has 0 radical (unpaired) electrons. The summed E-state index contributed by atoms with van der Waals surface area (Å²) >= 11 is 0. The number of piperidine rings is 1. The Kier molecular flexibility index (Phi) is 5.50. The number of rotatable bonds is 4. The quantitative estimate of drug-likeness (QED) is 0.776. The number of likely N-dealkylation sites (tertiary alicyclic amines) is 1. The molecule has 0 bridgehead atoms. The van der Waals surface area contributed by atoms with Crippen molar-refractivity contribution in [3.63, 3.8) is 0 Å². The number of aliphatic carboxylic acids is 1. The van der Waals surface area contributed by atoms with E-state index >= 15 is 0 Å². The summed E-state index contributed by atoms with van der Waals surface area (Å²) in [4.78, 5) is 13.0. The molecule has 112 valence electrons. The summed E-state index contributed by atoms with van der Waals surface area (Å²) < 4.78 is 0. The molecule has 0 spiro atoms. The zero-order valence-corrected chi connectivity index (χ0v) is 12.1. The zero-order chi connectivity index (χ0) is 14.4. The first kappa shape index (κ1) is 14.9. The highest BCUT2D eigenvalue weighted by Gasteiger charge is 2.24. The highest BCUT2D eigenvalue weighted by molar-refractivity contribution is 5.70. The van der Waals surface area contributed by atoms with E-state index in [0.717, 1.165) is 18.9 Å². The van der Waals surface area contributed by atoms with Crippen molar-refractivity contribution < 1.29 is 9.90 Å². The molecule has 1 aliphatic heterocycles. The van der Waals surface area contributed by atoms with E-state index in [2.05, 4.69) is 17.1 Å². The number of allylic oxidation sites excluding steroid dienone is 3. The molecule has 4 nitrogen and oxygen atoms in total. The summed E-state index contributed by atoms with van der Waals surface area (Å²) in [6.45, 7) is 1.49. The van der Waals surface area contributed by atoms with Gasteiger partial charge in [0.2, 0.25) is 0 Å². The number of carboxylic acids is 1. The lowest BCUT2D eigenvalue weighted by Gasteiger charge is -2.31. The SMILES string of the molecule is N/C(=C\C=C\C1CCCCC1)N1CCC(C(=O)O)CC1. The normalized spacial score (nSPS) is 23.4. The maximum atomic E-state index is 10.9. The molecular formula is C16H26N2O2. The van der Waals surface area contributed by atoms with Crippen LogP contribution in [0.2, 0.25) is 0 Å². The molecule has 4 heteroatoms. The molecule has 0 atom stereocenters. The summed E-state index contributed by atoms with van der Waals surface area (Å²) in [6, 6.07) is 0. The fourth-order valence-corrected chi connectivity index (χ4v) is 3.13. The van der Waals surface area contributed by atoms with Crippen LogP contribution in [-0.4, -0.2) is 29.1 Å². The van der Waals surface area contributed by atoms with Gasteiger partial charge in [-0.1, -0.05) is 31.4 Å². The summed E-state index contributed by atoms with van der Waals surface area (Å²) in [5.74, 6) is 0.604. The number of nitrogens with zero attached hydrogens (tertiary/aromatic N) is 1. The van der Waals surface area contributed by atoms with Crippen LogP contribution in [0.3, 0.4) is 0 Å². The third-order valence-corrected chi connectivity index (χ3v) is 4.51. The molecule has 1 aliphatic carbocycles. The topological polar surface area (TPSA) is 66.6 Å². The van der Waals surface area contributed by atoms with E-state index in [1.54, 1.807) is 0 Å². The average Bonchev–Trinajstić information content (AvgIpc) is 2.48. The predicted octanol–water partition coefficient (Wildman–Crippen LogP) is 2.72. The monoisotopic (exact) mass is 278 g/mol. The van der Waals surface area contributed by atoms with Crippen molar-refractivity contribution in [2.75, 3.05) is 13.1 Å². The molecule has 1 heterocycles. The van der Waals surface area contributed by atoms with Crippen LogP contribution in [-0.2, 0) is 4.79 Å². The molecule has 0 aromatic carbocycles. The standard InChI is InChI=1S/C16H26N2O2/c17-15(8-4-7-13-5-2-1-3-6-13)18-11-9-14(10-12-18)16(19)20/h4,7-8,13-14H,1-3,5-6,9-12,17H2,(H,19,20)/b7-4+,15-8+. The van der Waals surface area contributed by atoms with Crippen LogP contribution >= 0.6 is 0 Å². The number of hydrogen-bond donors (Lipinski definition) is 2. The van der Waals surface area contributed by atoms with E-state index in [-0.39, 0.29) is 5.92 Å². The van der Waals surface area contributed by atoms with Crippen molar-refractivity contribution in [2.45, 2.75) is 44.9 Å². The molecular weight excluding hydrogens is 252 g/mol. The largest absolute Gasteiger partial charge is 0.481 e. The van der Waals surface area contributed by atoms with Gasteiger partial charge in [-0.3, -0.25) is 4.79 Å². The van der Waals surface area contributed by atoms with Crippen molar-refractivity contribution in [1.29, 1.82) is 0 Å². The molecule has 2 aliphatic rings. The van der Waals surface area contributed by atoms with E-state index in [0.29, 0.717) is 18.8 Å². The van der Waals surface area contributed by atoms with Crippen LogP contribution in [0.1, 0.15) is 44.9 Å². The Morgan fingerprint density at radius 2 is 1.75 bits per heavy atom. The van der Waals surface area contributed by atoms with Crippen molar-refractivity contribution in [3.8, 4) is 0 Å². The minimum atomic E-state index is -0.676. The molecule has 0 unspecified atom stereocenters. The molecule has 3 N–H and O–H groups in total. The molecule has 1 saturated heterocycles. The molecule has 0 aromatic rings. The van der Waals surface area contributed by atoms with Gasteiger partial charge in [-0.15, -0.1) is 0 Å². The van der Waals surface area contributed by atoms with Gasteiger partial charge in [0.15, 0.2) is 0 Å². The van der Waals surface area contributed by atoms with E-state index in [9.17, 15) is 4.79 Å². The fourth-order valence-electron chi connectivity index (χ4n) is 3.13. The van der Waals surface area contributed by atoms with Crippen molar-refractivity contribution in [3.05, 3.63) is 24.0 Å². The second-order valence-electron chi connectivity index (χ2n) is 5.97. The summed E-state index contributed by atoms with van der Waals surface area (Å²) in [7, 11) is 0. The van der Waals surface area contributed by atoms with Crippen LogP contribution < -0.4 is 5.73 Å². The maximum absolute atomic E-state index is 10.9. The number of hydrogen-bond acceptors (Lipinski definition) is 3. The van der Waals surface area contributed by atoms with Gasteiger partial charge >= 0.3 is 5.97 Å². The van der Waals surface area contributed by atoms with Gasteiger partial charge in [-0.25, -0.2) is 0 Å². The Balaban J connectivity index is 1.78. The number of carboxylic acid groups (broad SMARTS) is 1. The van der Waals surface area contributed by atoms with Gasteiger partial charge in [0.25, 0.3) is 0 Å². The number of nitrogens with two attached hydrogens (primary N) is 1. The van der Waals surface area contributed by atoms with Crippen LogP contribution in [0, 0.1) is 11.8 Å². The van der Waals surface area contributed by atoms with Gasteiger partial charge in [0, 0.05) is 13.1 Å². The molecule has 2 fully saturated rings. The van der Waals surface area contributed by atoms with E-state index < -0.39 is 5.97 Å². The first-order valence-electron chi connectivity index (χ1n) is 7.78. The Labute approximate surface area is 121 Å². The lowest BCUT2D eigenvalue weighted by molar-refractivity contribution is -0.143. The first-order valence-corrected chi connectivity index (χ1v) is 7.78. The van der Waals surface area contributed by atoms with Crippen LogP contribution in [0.15, 0.2) is 24.0 Å². The second-order valence-corrected chi connectivity index (χ2v) is 5.97. The van der Waals surface area contributed by atoms with E-state index in [1.165, 1.54) is 32.1 Å². The van der Waals surface area contributed by atoms with E-state index in [1.807, 2.05) is 6.08 Å². The summed E-state index contributed by atoms with van der Waals surface area (Å²) in [5, 5.41) is 8.97. The van der Waals surface area contributed by atoms with Gasteiger partial charge in [0.1, 0.15) is 0 Å². The van der Waals surface area contributed by atoms with Crippen LogP contribution in [0.25, 0.3) is 0 Å². The van der Waals surface area contributed by atoms with Gasteiger partial charge in [-0.2, -0.15) is 0 Å². The highest BCUT2D eigenvalue weighted by atomic mass is 16.4. The maximum Gasteiger partial charge on any atom is 0.306 e. The predicted molar refractivity (Wildman–Crippen MR) is 79.9 cm³/mol. The summed E-state index contributed by atoms with van der Waals surface area (Å²) in [5.41, 5.74) is 6.07. The Morgan fingerprint density at radius 1 is 1.10 bits per heavy atom. The molecule has 0 aromatic heterocycles. The zero-order valence-electron chi connectivity index (χ0n) is 12.1. The minimum Gasteiger partial charge on any atom is -0.481 e. The van der Waals surface area contributed by atoms with Crippen LogP contribution in [0.5, 0.6) is 0 Å². The molecule has 1 saturated carbocycles. The van der Waals surface area contributed by atoms with Gasteiger partial charge < -0.3 is 15.7 Å². The first-order chi connectivity index (χ1) is 9.66. The fraction of sp³-hybridized carbons (Fsp3) is 0.688. The second kappa shape index (κ2) is 7.36. The number of carbonyl (C=O) groups is 1. The lowest BCUT2D eigenvalue weighted by atomic mass is 9.89. The average molecular weight is 278 g/mol. The van der Waals surface area contributed by atoms with Crippen molar-refractivity contribution in [2.24, 2.45) is 17.6 Å². The van der Waals surface area contributed by atoms with Gasteiger partial charge in [0.05, 0.1) is 11.7 Å². The summed E-state index contributed by atoms with van der Waals surface area (Å²) in [6.07, 6.45) is 14.4. The lowest BCUT2D eigenvalue weighted by Crippen LogP contribution is -2.38. The van der Waals surface area contributed by atoms with E-state index in [4.69, 9.17) is 10.8 Å². The Morgan fingerprint density at radius 3 is 2.35 bits per heavy atom. The van der Waals surface area contributed by atoms with Crippen molar-refractivity contribution >= 4 is 5.97 Å². The highest BCUT2D eigenvalue weighted by Crippen LogP contribution is 2.24. The Bertz CT molecular complexity index is 376. The Hall–Kier alpha value is -1.45.